The lowest BCUT2D eigenvalue weighted by atomic mass is 9.94. The average molecular weight is 338 g/mol. The summed E-state index contributed by atoms with van der Waals surface area (Å²) in [6.45, 7) is 3.86. The molecule has 5 nitrogen and oxygen atoms in total. The highest BCUT2D eigenvalue weighted by Crippen LogP contribution is 2.38. The lowest BCUT2D eigenvalue weighted by molar-refractivity contribution is 0.0514. The van der Waals surface area contributed by atoms with Crippen LogP contribution in [0.15, 0.2) is 42.5 Å². The van der Waals surface area contributed by atoms with Gasteiger partial charge in [0.1, 0.15) is 11.3 Å². The van der Waals surface area contributed by atoms with Crippen molar-refractivity contribution in [3.05, 3.63) is 53.6 Å². The van der Waals surface area contributed by atoms with Gasteiger partial charge in [-0.2, -0.15) is 0 Å². The molecule has 0 heterocycles. The topological polar surface area (TPSA) is 72.8 Å². The Morgan fingerprint density at radius 3 is 2.12 bits per heavy atom. The van der Waals surface area contributed by atoms with E-state index in [1.807, 2.05) is 12.1 Å². The van der Waals surface area contributed by atoms with E-state index >= 15 is 0 Å². The Labute approximate surface area is 144 Å². The lowest BCUT2D eigenvalue weighted by Gasteiger charge is -2.13. The van der Waals surface area contributed by atoms with Gasteiger partial charge in [-0.3, -0.25) is 0 Å². The molecule has 0 fully saturated rings. The van der Waals surface area contributed by atoms with Crippen molar-refractivity contribution in [2.75, 3.05) is 13.2 Å². The first-order valence-corrected chi connectivity index (χ1v) is 8.10. The van der Waals surface area contributed by atoms with Crippen LogP contribution in [0.1, 0.15) is 34.6 Å². The normalized spacial score (nSPS) is 10.8. The number of hydrogen-bond acceptors (Lipinski definition) is 5. The zero-order valence-electron chi connectivity index (χ0n) is 14.0. The molecule has 0 unspecified atom stereocenters. The number of ether oxygens (including phenoxy) is 2. The van der Waals surface area contributed by atoms with E-state index in [1.165, 1.54) is 0 Å². The van der Waals surface area contributed by atoms with Crippen LogP contribution in [0.25, 0.3) is 21.5 Å². The van der Waals surface area contributed by atoms with Crippen molar-refractivity contribution in [2.45, 2.75) is 13.8 Å². The van der Waals surface area contributed by atoms with Crippen LogP contribution in [-0.4, -0.2) is 30.3 Å². The van der Waals surface area contributed by atoms with Crippen LogP contribution in [-0.2, 0) is 9.47 Å². The van der Waals surface area contributed by atoms with Crippen molar-refractivity contribution in [1.82, 2.24) is 0 Å². The summed E-state index contributed by atoms with van der Waals surface area (Å²) >= 11 is 0. The van der Waals surface area contributed by atoms with Crippen LogP contribution in [0.5, 0.6) is 5.75 Å². The van der Waals surface area contributed by atoms with E-state index in [2.05, 4.69) is 0 Å². The number of rotatable bonds is 4. The van der Waals surface area contributed by atoms with Gasteiger partial charge in [-0.05, 0) is 36.8 Å². The van der Waals surface area contributed by atoms with Crippen molar-refractivity contribution < 1.29 is 24.2 Å². The van der Waals surface area contributed by atoms with Crippen LogP contribution in [0.4, 0.5) is 0 Å². The minimum absolute atomic E-state index is 0.0571. The van der Waals surface area contributed by atoms with E-state index in [-0.39, 0.29) is 24.5 Å². The number of aromatic hydroxyl groups is 1. The number of carbonyl (C=O) groups excluding carboxylic acids is 2. The first kappa shape index (κ1) is 16.8. The number of phenolic OH excluding ortho intramolecular Hbond substituents is 1. The second-order valence-corrected chi connectivity index (χ2v) is 5.47. The molecule has 0 radical (unpaired) electrons. The molecule has 3 aromatic carbocycles. The fourth-order valence-corrected chi connectivity index (χ4v) is 2.92. The molecular formula is C20H18O5. The maximum absolute atomic E-state index is 12.4. The summed E-state index contributed by atoms with van der Waals surface area (Å²) in [6.07, 6.45) is 0. The van der Waals surface area contributed by atoms with Gasteiger partial charge in [0, 0.05) is 10.8 Å². The van der Waals surface area contributed by atoms with Gasteiger partial charge in [0.15, 0.2) is 0 Å². The highest BCUT2D eigenvalue weighted by molar-refractivity contribution is 6.20. The molecule has 3 aromatic rings. The molecular weight excluding hydrogens is 320 g/mol. The van der Waals surface area contributed by atoms with Crippen LogP contribution >= 0.6 is 0 Å². The SMILES string of the molecule is CCOC(=O)c1ccc2c(c1)c(C(=O)OCC)c(O)c1ccccc12. The average Bonchev–Trinajstić information content (AvgIpc) is 2.62. The molecule has 0 amide bonds. The Bertz CT molecular complexity index is 975. The summed E-state index contributed by atoms with van der Waals surface area (Å²) in [5.74, 6) is -1.26. The van der Waals surface area contributed by atoms with Gasteiger partial charge < -0.3 is 14.6 Å². The third-order valence-corrected chi connectivity index (χ3v) is 3.99. The molecule has 0 aliphatic carbocycles. The largest absolute Gasteiger partial charge is 0.506 e. The Morgan fingerprint density at radius 2 is 1.44 bits per heavy atom. The van der Waals surface area contributed by atoms with Gasteiger partial charge in [0.2, 0.25) is 0 Å². The Balaban J connectivity index is 2.37. The third kappa shape index (κ3) is 2.89. The number of esters is 2. The second kappa shape index (κ2) is 6.81. The maximum Gasteiger partial charge on any atom is 0.342 e. The van der Waals surface area contributed by atoms with Crippen molar-refractivity contribution in [3.63, 3.8) is 0 Å². The molecule has 0 bridgehead atoms. The van der Waals surface area contributed by atoms with Gasteiger partial charge >= 0.3 is 11.9 Å². The summed E-state index contributed by atoms with van der Waals surface area (Å²) in [5, 5.41) is 13.2. The van der Waals surface area contributed by atoms with Crippen LogP contribution in [0.3, 0.4) is 0 Å². The quantitative estimate of drug-likeness (QED) is 0.574. The predicted molar refractivity (Wildman–Crippen MR) is 95.0 cm³/mol. The summed E-state index contributed by atoms with van der Waals surface area (Å²) in [5.41, 5.74) is 0.372. The van der Waals surface area contributed by atoms with E-state index in [0.717, 1.165) is 10.8 Å². The molecule has 0 atom stereocenters. The van der Waals surface area contributed by atoms with Crippen LogP contribution in [0.2, 0.25) is 0 Å². The first-order valence-electron chi connectivity index (χ1n) is 8.10. The third-order valence-electron chi connectivity index (χ3n) is 3.99. The Hall–Kier alpha value is -3.08. The summed E-state index contributed by atoms with van der Waals surface area (Å²) < 4.78 is 10.1. The number of phenols is 1. The van der Waals surface area contributed by atoms with E-state index < -0.39 is 11.9 Å². The maximum atomic E-state index is 12.4. The van der Waals surface area contributed by atoms with Crippen molar-refractivity contribution in [3.8, 4) is 5.75 Å². The number of fused-ring (bicyclic) bond motifs is 3. The highest BCUT2D eigenvalue weighted by Gasteiger charge is 2.21. The molecule has 1 N–H and O–H groups in total. The molecule has 5 heteroatoms. The van der Waals surface area contributed by atoms with E-state index in [4.69, 9.17) is 9.47 Å². The second-order valence-electron chi connectivity index (χ2n) is 5.47. The van der Waals surface area contributed by atoms with Gasteiger partial charge in [0.05, 0.1) is 18.8 Å². The summed E-state index contributed by atoms with van der Waals surface area (Å²) in [6, 6.07) is 12.2. The molecule has 3 rings (SSSR count). The molecule has 25 heavy (non-hydrogen) atoms. The smallest absolute Gasteiger partial charge is 0.342 e. The van der Waals surface area contributed by atoms with Crippen LogP contribution in [0, 0.1) is 0 Å². The minimum Gasteiger partial charge on any atom is -0.506 e. The van der Waals surface area contributed by atoms with E-state index in [9.17, 15) is 14.7 Å². The fourth-order valence-electron chi connectivity index (χ4n) is 2.92. The molecule has 0 aliphatic heterocycles. The van der Waals surface area contributed by atoms with Crippen molar-refractivity contribution in [1.29, 1.82) is 0 Å². The van der Waals surface area contributed by atoms with Gasteiger partial charge in [-0.1, -0.05) is 30.3 Å². The lowest BCUT2D eigenvalue weighted by Crippen LogP contribution is -2.08. The molecule has 0 spiro atoms. The predicted octanol–water partition coefficient (Wildman–Crippen LogP) is 4.05. The molecule has 0 saturated carbocycles. The summed E-state index contributed by atoms with van der Waals surface area (Å²) in [7, 11) is 0. The van der Waals surface area contributed by atoms with Crippen molar-refractivity contribution in [2.24, 2.45) is 0 Å². The van der Waals surface area contributed by atoms with Gasteiger partial charge in [-0.25, -0.2) is 9.59 Å². The van der Waals surface area contributed by atoms with Gasteiger partial charge in [-0.15, -0.1) is 0 Å². The Kier molecular flexibility index (Phi) is 4.57. The van der Waals surface area contributed by atoms with E-state index in [0.29, 0.717) is 16.3 Å². The fraction of sp³-hybridized carbons (Fsp3) is 0.200. The Morgan fingerprint density at radius 1 is 0.840 bits per heavy atom. The van der Waals surface area contributed by atoms with Gasteiger partial charge in [0.25, 0.3) is 0 Å². The number of benzene rings is 3. The zero-order valence-corrected chi connectivity index (χ0v) is 14.0. The molecule has 0 aliphatic rings. The number of carbonyl (C=O) groups is 2. The summed E-state index contributed by atoms with van der Waals surface area (Å²) in [4.78, 5) is 24.5. The number of hydrogen-bond donors (Lipinski definition) is 1. The van der Waals surface area contributed by atoms with E-state index in [1.54, 1.807) is 44.2 Å². The highest BCUT2D eigenvalue weighted by atomic mass is 16.5. The standard InChI is InChI=1S/C20H18O5/c1-3-24-19(22)12-9-10-14-13-7-5-6-8-15(13)18(21)17(16(14)11-12)20(23)25-4-2/h5-11,21H,3-4H2,1-2H3. The van der Waals surface area contributed by atoms with Crippen molar-refractivity contribution >= 4 is 33.5 Å². The molecule has 128 valence electrons. The molecule has 0 aromatic heterocycles. The zero-order chi connectivity index (χ0) is 18.0. The van der Waals surface area contributed by atoms with Crippen LogP contribution < -0.4 is 0 Å². The first-order chi connectivity index (χ1) is 12.1. The minimum atomic E-state index is -0.628. The molecule has 0 saturated heterocycles. The monoisotopic (exact) mass is 338 g/mol.